The van der Waals surface area contributed by atoms with Crippen molar-refractivity contribution in [3.63, 3.8) is 0 Å². The molecule has 0 aliphatic heterocycles. The van der Waals surface area contributed by atoms with Gasteiger partial charge in [0, 0.05) is 11.1 Å². The van der Waals surface area contributed by atoms with Crippen LogP contribution in [0.25, 0.3) is 22.3 Å². The van der Waals surface area contributed by atoms with Gasteiger partial charge in [0.15, 0.2) is 0 Å². The van der Waals surface area contributed by atoms with E-state index in [0.717, 1.165) is 22.3 Å². The fraction of sp³-hybridized carbons (Fsp3) is 0.0952. The Hall–Kier alpha value is -3.27. The number of carboxylic acids is 1. The fourth-order valence-corrected chi connectivity index (χ4v) is 2.83. The lowest BCUT2D eigenvalue weighted by molar-refractivity contribution is 0.0697. The van der Waals surface area contributed by atoms with Gasteiger partial charge in [0.05, 0.1) is 19.8 Å². The molecule has 3 rings (SSSR count). The molecule has 0 fully saturated rings. The van der Waals surface area contributed by atoms with Crippen LogP contribution < -0.4 is 9.47 Å². The first-order valence-corrected chi connectivity index (χ1v) is 7.79. The van der Waals surface area contributed by atoms with E-state index in [9.17, 15) is 9.90 Å². The summed E-state index contributed by atoms with van der Waals surface area (Å²) in [5, 5.41) is 9.52. The number of benzene rings is 3. The first-order valence-electron chi connectivity index (χ1n) is 7.79. The Morgan fingerprint density at radius 2 is 1.20 bits per heavy atom. The van der Waals surface area contributed by atoms with Crippen LogP contribution in [0.4, 0.5) is 0 Å². The van der Waals surface area contributed by atoms with Gasteiger partial charge in [-0.15, -0.1) is 0 Å². The van der Waals surface area contributed by atoms with Crippen LogP contribution in [-0.4, -0.2) is 25.3 Å². The second-order valence-corrected chi connectivity index (χ2v) is 5.50. The van der Waals surface area contributed by atoms with Gasteiger partial charge >= 0.3 is 5.97 Å². The normalized spacial score (nSPS) is 10.3. The molecule has 0 atom stereocenters. The van der Waals surface area contributed by atoms with Crippen LogP contribution in [0.15, 0.2) is 66.7 Å². The molecule has 0 radical (unpaired) electrons. The minimum atomic E-state index is -0.979. The van der Waals surface area contributed by atoms with Gasteiger partial charge < -0.3 is 14.6 Å². The summed E-state index contributed by atoms with van der Waals surface area (Å²) in [5.74, 6) is 0.403. The molecule has 3 aromatic carbocycles. The summed E-state index contributed by atoms with van der Waals surface area (Å²) in [6.07, 6.45) is 0. The average Bonchev–Trinajstić information content (AvgIpc) is 2.67. The van der Waals surface area contributed by atoms with E-state index in [1.807, 2.05) is 54.6 Å². The molecule has 126 valence electrons. The zero-order valence-corrected chi connectivity index (χ0v) is 14.0. The van der Waals surface area contributed by atoms with Gasteiger partial charge in [0.1, 0.15) is 11.5 Å². The zero-order chi connectivity index (χ0) is 17.8. The summed E-state index contributed by atoms with van der Waals surface area (Å²) >= 11 is 0. The number of aromatic carboxylic acids is 1. The minimum absolute atomic E-state index is 0.212. The quantitative estimate of drug-likeness (QED) is 0.732. The van der Waals surface area contributed by atoms with Gasteiger partial charge in [-0.3, -0.25) is 0 Å². The monoisotopic (exact) mass is 334 g/mol. The van der Waals surface area contributed by atoms with E-state index < -0.39 is 5.97 Å². The number of methoxy groups -OCH3 is 2. The Morgan fingerprint density at radius 3 is 1.60 bits per heavy atom. The maximum atomic E-state index is 11.6. The number of carbonyl (C=O) groups is 1. The molecule has 0 saturated carbocycles. The summed E-state index contributed by atoms with van der Waals surface area (Å²) in [7, 11) is 3.20. The highest BCUT2D eigenvalue weighted by Crippen LogP contribution is 2.36. The minimum Gasteiger partial charge on any atom is -0.496 e. The smallest absolute Gasteiger partial charge is 0.335 e. The second kappa shape index (κ2) is 7.09. The molecular weight excluding hydrogens is 316 g/mol. The van der Waals surface area contributed by atoms with Crippen molar-refractivity contribution < 1.29 is 19.4 Å². The zero-order valence-electron chi connectivity index (χ0n) is 14.0. The molecule has 0 aromatic heterocycles. The second-order valence-electron chi connectivity index (χ2n) is 5.50. The highest BCUT2D eigenvalue weighted by atomic mass is 16.5. The van der Waals surface area contributed by atoms with Crippen LogP contribution in [-0.2, 0) is 0 Å². The van der Waals surface area contributed by atoms with E-state index in [1.165, 1.54) is 0 Å². The van der Waals surface area contributed by atoms with Crippen molar-refractivity contribution in [1.82, 2.24) is 0 Å². The third kappa shape index (κ3) is 3.33. The number of hydrogen-bond acceptors (Lipinski definition) is 3. The summed E-state index contributed by atoms with van der Waals surface area (Å²) < 4.78 is 10.8. The third-order valence-corrected chi connectivity index (χ3v) is 4.02. The maximum absolute atomic E-state index is 11.6. The van der Waals surface area contributed by atoms with Crippen LogP contribution >= 0.6 is 0 Å². The van der Waals surface area contributed by atoms with Gasteiger partial charge in [-0.25, -0.2) is 4.79 Å². The van der Waals surface area contributed by atoms with Gasteiger partial charge in [-0.05, 0) is 41.5 Å². The summed E-state index contributed by atoms with van der Waals surface area (Å²) in [6.45, 7) is 0. The van der Waals surface area contributed by atoms with E-state index in [4.69, 9.17) is 9.47 Å². The third-order valence-electron chi connectivity index (χ3n) is 4.02. The number of ether oxygens (including phenoxy) is 2. The van der Waals surface area contributed by atoms with E-state index >= 15 is 0 Å². The van der Waals surface area contributed by atoms with Crippen molar-refractivity contribution in [3.8, 4) is 33.8 Å². The van der Waals surface area contributed by atoms with Crippen LogP contribution in [0.2, 0.25) is 0 Å². The van der Waals surface area contributed by atoms with Gasteiger partial charge in [0.2, 0.25) is 0 Å². The van der Waals surface area contributed by atoms with Crippen molar-refractivity contribution in [3.05, 3.63) is 72.3 Å². The largest absolute Gasteiger partial charge is 0.496 e. The lowest BCUT2D eigenvalue weighted by atomic mass is 9.95. The number of rotatable bonds is 5. The molecule has 4 heteroatoms. The van der Waals surface area contributed by atoms with Gasteiger partial charge in [-0.2, -0.15) is 0 Å². The Balaban J connectivity index is 2.24. The molecule has 4 nitrogen and oxygen atoms in total. The molecule has 0 unspecified atom stereocenters. The predicted molar refractivity (Wildman–Crippen MR) is 97.4 cm³/mol. The first-order chi connectivity index (χ1) is 12.1. The molecule has 0 spiro atoms. The van der Waals surface area contributed by atoms with Crippen LogP contribution in [0, 0.1) is 0 Å². The number of carboxylic acid groups (broad SMARTS) is 1. The molecule has 0 amide bonds. The molecule has 0 saturated heterocycles. The van der Waals surface area contributed by atoms with E-state index in [1.54, 1.807) is 26.4 Å². The summed E-state index contributed by atoms with van der Waals surface area (Å²) in [5.41, 5.74) is 3.44. The topological polar surface area (TPSA) is 55.8 Å². The van der Waals surface area contributed by atoms with Crippen molar-refractivity contribution >= 4 is 5.97 Å². The van der Waals surface area contributed by atoms with E-state index in [2.05, 4.69) is 0 Å². The Kier molecular flexibility index (Phi) is 4.70. The first kappa shape index (κ1) is 16.6. The van der Waals surface area contributed by atoms with Gasteiger partial charge in [0.25, 0.3) is 0 Å². The predicted octanol–water partition coefficient (Wildman–Crippen LogP) is 4.74. The standard InChI is InChI=1S/C21H18O4/c1-24-19-9-5-3-7-17(19)14-11-15(13-16(12-14)21(22)23)18-8-4-6-10-20(18)25-2/h3-13H,1-2H3,(H,22,23). The molecule has 0 bridgehead atoms. The van der Waals surface area contributed by atoms with Crippen molar-refractivity contribution in [1.29, 1.82) is 0 Å². The van der Waals surface area contributed by atoms with Crippen molar-refractivity contribution in [2.45, 2.75) is 0 Å². The van der Waals surface area contributed by atoms with Crippen LogP contribution in [0.1, 0.15) is 10.4 Å². The van der Waals surface area contributed by atoms with Crippen molar-refractivity contribution in [2.75, 3.05) is 14.2 Å². The summed E-state index contributed by atoms with van der Waals surface area (Å²) in [4.78, 5) is 11.6. The molecule has 1 N–H and O–H groups in total. The van der Waals surface area contributed by atoms with Gasteiger partial charge in [-0.1, -0.05) is 36.4 Å². The molecular formula is C21H18O4. The lowest BCUT2D eigenvalue weighted by Crippen LogP contribution is -1.98. The Morgan fingerprint density at radius 1 is 0.760 bits per heavy atom. The molecule has 0 heterocycles. The summed E-state index contributed by atoms with van der Waals surface area (Å²) in [6, 6.07) is 20.3. The lowest BCUT2D eigenvalue weighted by Gasteiger charge is -2.13. The highest BCUT2D eigenvalue weighted by molar-refractivity contribution is 5.93. The number of para-hydroxylation sites is 2. The van der Waals surface area contributed by atoms with E-state index in [-0.39, 0.29) is 5.56 Å². The Bertz CT molecular complexity index is 850. The van der Waals surface area contributed by atoms with Crippen LogP contribution in [0.5, 0.6) is 11.5 Å². The highest BCUT2D eigenvalue weighted by Gasteiger charge is 2.14. The average molecular weight is 334 g/mol. The maximum Gasteiger partial charge on any atom is 0.335 e. The molecule has 0 aliphatic rings. The molecule has 0 aliphatic carbocycles. The van der Waals surface area contributed by atoms with Crippen molar-refractivity contribution in [2.24, 2.45) is 0 Å². The molecule has 25 heavy (non-hydrogen) atoms. The Labute approximate surface area is 146 Å². The van der Waals surface area contributed by atoms with Crippen LogP contribution in [0.3, 0.4) is 0 Å². The SMILES string of the molecule is COc1ccccc1-c1cc(C(=O)O)cc(-c2ccccc2OC)c1. The fourth-order valence-electron chi connectivity index (χ4n) is 2.83. The van der Waals surface area contributed by atoms with E-state index in [0.29, 0.717) is 11.5 Å². The number of hydrogen-bond donors (Lipinski definition) is 1. The molecule has 3 aromatic rings.